The van der Waals surface area contributed by atoms with E-state index in [0.717, 1.165) is 4.90 Å². The number of benzene rings is 1. The van der Waals surface area contributed by atoms with Gasteiger partial charge in [-0.15, -0.1) is 11.8 Å². The Kier molecular flexibility index (Phi) is 4.26. The van der Waals surface area contributed by atoms with Crippen LogP contribution in [0, 0.1) is 0 Å². The van der Waals surface area contributed by atoms with Crippen LogP contribution in [0.3, 0.4) is 0 Å². The summed E-state index contributed by atoms with van der Waals surface area (Å²) in [5, 5.41) is 17.3. The molecule has 0 radical (unpaired) electrons. The molecule has 0 saturated carbocycles. The van der Waals surface area contributed by atoms with Crippen LogP contribution in [0.1, 0.15) is 24.2 Å². The van der Waals surface area contributed by atoms with Crippen molar-refractivity contribution in [3.63, 3.8) is 0 Å². The number of thioether (sulfide) groups is 1. The van der Waals surface area contributed by atoms with E-state index in [9.17, 15) is 5.11 Å². The van der Waals surface area contributed by atoms with Crippen molar-refractivity contribution in [3.8, 4) is 0 Å². The molecule has 2 aromatic rings. The average Bonchev–Trinajstić information content (AvgIpc) is 3.05. The zero-order chi connectivity index (χ0) is 13.9. The van der Waals surface area contributed by atoms with Crippen molar-refractivity contribution < 1.29 is 9.63 Å². The van der Waals surface area contributed by atoms with Crippen molar-refractivity contribution in [2.75, 3.05) is 6.54 Å². The number of nitrogens with one attached hydrogen (secondary N) is 1. The van der Waals surface area contributed by atoms with Gasteiger partial charge in [0.1, 0.15) is 0 Å². The molecule has 0 aliphatic carbocycles. The van der Waals surface area contributed by atoms with Gasteiger partial charge in [0.2, 0.25) is 5.89 Å². The maximum Gasteiger partial charge on any atom is 0.243 e. The molecule has 1 aromatic heterocycles. The summed E-state index contributed by atoms with van der Waals surface area (Å²) in [5.41, 5.74) is 0. The average molecular weight is 312 g/mol. The molecule has 2 atom stereocenters. The first-order valence-electron chi connectivity index (χ1n) is 6.33. The lowest BCUT2D eigenvalue weighted by molar-refractivity contribution is 0.191. The molecule has 7 heteroatoms. The van der Waals surface area contributed by atoms with E-state index in [4.69, 9.17) is 16.1 Å². The van der Waals surface area contributed by atoms with Gasteiger partial charge in [-0.1, -0.05) is 22.8 Å². The van der Waals surface area contributed by atoms with E-state index in [1.54, 1.807) is 11.8 Å². The standard InChI is InChI=1S/C13H14ClN3O2S/c14-8-2-1-3-10(4-8)20-7-12-16-13(19-17-12)11-5-9(18)6-15-11/h1-4,9,11,15,18H,5-7H2/t9-,11+/m0/s1. The van der Waals surface area contributed by atoms with Crippen molar-refractivity contribution in [3.05, 3.63) is 41.0 Å². The van der Waals surface area contributed by atoms with Crippen LogP contribution >= 0.6 is 23.4 Å². The lowest BCUT2D eigenvalue weighted by Gasteiger charge is -2.01. The van der Waals surface area contributed by atoms with Gasteiger partial charge < -0.3 is 14.9 Å². The highest BCUT2D eigenvalue weighted by molar-refractivity contribution is 7.98. The van der Waals surface area contributed by atoms with Crippen LogP contribution in [-0.2, 0) is 5.75 Å². The Hall–Kier alpha value is -1.08. The zero-order valence-electron chi connectivity index (χ0n) is 10.6. The van der Waals surface area contributed by atoms with Crippen molar-refractivity contribution in [2.24, 2.45) is 0 Å². The predicted molar refractivity (Wildman–Crippen MR) is 76.7 cm³/mol. The molecule has 2 N–H and O–H groups in total. The van der Waals surface area contributed by atoms with Crippen molar-refractivity contribution >= 4 is 23.4 Å². The van der Waals surface area contributed by atoms with Crippen LogP contribution in [0.5, 0.6) is 0 Å². The first-order chi connectivity index (χ1) is 9.70. The number of β-amino-alcohol motifs (C(OH)–C–C–N with tert-alkyl or cyclic N) is 1. The molecular formula is C13H14ClN3O2S. The van der Waals surface area contributed by atoms with Gasteiger partial charge >= 0.3 is 0 Å². The molecule has 1 saturated heterocycles. The molecule has 0 amide bonds. The van der Waals surface area contributed by atoms with E-state index < -0.39 is 0 Å². The molecule has 5 nitrogen and oxygen atoms in total. The fourth-order valence-corrected chi connectivity index (χ4v) is 3.13. The second-order valence-electron chi connectivity index (χ2n) is 4.65. The molecule has 1 aromatic carbocycles. The third-order valence-electron chi connectivity index (χ3n) is 3.05. The number of nitrogens with zero attached hydrogens (tertiary/aromatic N) is 2. The van der Waals surface area contributed by atoms with Crippen LogP contribution in [0.4, 0.5) is 0 Å². The maximum atomic E-state index is 9.48. The first-order valence-corrected chi connectivity index (χ1v) is 7.69. The van der Waals surface area contributed by atoms with Crippen LogP contribution in [0.2, 0.25) is 5.02 Å². The van der Waals surface area contributed by atoms with Crippen LogP contribution in [-0.4, -0.2) is 27.9 Å². The molecule has 0 unspecified atom stereocenters. The highest BCUT2D eigenvalue weighted by Crippen LogP contribution is 2.26. The molecule has 1 aliphatic rings. The van der Waals surface area contributed by atoms with Gasteiger partial charge in [0.05, 0.1) is 17.9 Å². The van der Waals surface area contributed by atoms with Gasteiger partial charge in [0.25, 0.3) is 0 Å². The summed E-state index contributed by atoms with van der Waals surface area (Å²) in [4.78, 5) is 5.43. The van der Waals surface area contributed by atoms with Gasteiger partial charge in [-0.3, -0.25) is 0 Å². The Morgan fingerprint density at radius 3 is 3.15 bits per heavy atom. The first kappa shape index (κ1) is 13.9. The van der Waals surface area contributed by atoms with Gasteiger partial charge in [0.15, 0.2) is 5.82 Å². The highest BCUT2D eigenvalue weighted by Gasteiger charge is 2.27. The second kappa shape index (κ2) is 6.13. The Balaban J connectivity index is 1.60. The summed E-state index contributed by atoms with van der Waals surface area (Å²) in [6, 6.07) is 7.61. The number of aliphatic hydroxyl groups is 1. The lowest BCUT2D eigenvalue weighted by atomic mass is 10.2. The van der Waals surface area contributed by atoms with E-state index >= 15 is 0 Å². The normalized spacial score (nSPS) is 22.3. The Morgan fingerprint density at radius 2 is 2.40 bits per heavy atom. The maximum absolute atomic E-state index is 9.48. The van der Waals surface area contributed by atoms with Crippen LogP contribution in [0.15, 0.2) is 33.7 Å². The summed E-state index contributed by atoms with van der Waals surface area (Å²) in [7, 11) is 0. The fraction of sp³-hybridized carbons (Fsp3) is 0.385. The quantitative estimate of drug-likeness (QED) is 0.845. The van der Waals surface area contributed by atoms with Crippen molar-refractivity contribution in [1.82, 2.24) is 15.5 Å². The molecule has 0 bridgehead atoms. The van der Waals surface area contributed by atoms with Gasteiger partial charge in [-0.2, -0.15) is 4.98 Å². The minimum atomic E-state index is -0.337. The molecule has 1 fully saturated rings. The van der Waals surface area contributed by atoms with Crippen molar-refractivity contribution in [2.45, 2.75) is 29.2 Å². The van der Waals surface area contributed by atoms with Crippen LogP contribution in [0.25, 0.3) is 0 Å². The summed E-state index contributed by atoms with van der Waals surface area (Å²) in [5.74, 6) is 1.82. The van der Waals surface area contributed by atoms with E-state index in [1.165, 1.54) is 0 Å². The van der Waals surface area contributed by atoms with E-state index in [-0.39, 0.29) is 12.1 Å². The number of rotatable bonds is 4. The van der Waals surface area contributed by atoms with E-state index in [2.05, 4.69) is 15.5 Å². The third kappa shape index (κ3) is 3.32. The van der Waals surface area contributed by atoms with Gasteiger partial charge in [-0.25, -0.2) is 0 Å². The SMILES string of the molecule is O[C@@H]1CN[C@@H](c2nc(CSc3cccc(Cl)c3)no2)C1. The fourth-order valence-electron chi connectivity index (χ4n) is 2.08. The highest BCUT2D eigenvalue weighted by atomic mass is 35.5. The molecule has 0 spiro atoms. The summed E-state index contributed by atoms with van der Waals surface area (Å²) < 4.78 is 5.23. The number of halogens is 1. The zero-order valence-corrected chi connectivity index (χ0v) is 12.2. The smallest absolute Gasteiger partial charge is 0.243 e. The monoisotopic (exact) mass is 311 g/mol. The molecule has 106 valence electrons. The van der Waals surface area contributed by atoms with Gasteiger partial charge in [-0.05, 0) is 24.6 Å². The molecule has 3 rings (SSSR count). The summed E-state index contributed by atoms with van der Waals surface area (Å²) >= 11 is 7.54. The minimum absolute atomic E-state index is 0.0394. The number of hydrogen-bond donors (Lipinski definition) is 2. The Labute approximate surface area is 125 Å². The topological polar surface area (TPSA) is 71.2 Å². The number of aliphatic hydroxyl groups excluding tert-OH is 1. The largest absolute Gasteiger partial charge is 0.392 e. The van der Waals surface area contributed by atoms with Crippen molar-refractivity contribution in [1.29, 1.82) is 0 Å². The second-order valence-corrected chi connectivity index (χ2v) is 6.13. The minimum Gasteiger partial charge on any atom is -0.392 e. The number of aromatic nitrogens is 2. The third-order valence-corrected chi connectivity index (χ3v) is 4.28. The predicted octanol–water partition coefficient (Wildman–Crippen LogP) is 2.41. The Bertz CT molecular complexity index is 593. The molecule has 2 heterocycles. The summed E-state index contributed by atoms with van der Waals surface area (Å²) in [6.45, 7) is 0.569. The summed E-state index contributed by atoms with van der Waals surface area (Å²) in [6.07, 6.45) is 0.277. The van der Waals surface area contributed by atoms with E-state index in [1.807, 2.05) is 24.3 Å². The Morgan fingerprint density at radius 1 is 1.50 bits per heavy atom. The van der Waals surface area contributed by atoms with Crippen LogP contribution < -0.4 is 5.32 Å². The lowest BCUT2D eigenvalue weighted by Crippen LogP contribution is -2.15. The van der Waals surface area contributed by atoms with Gasteiger partial charge in [0, 0.05) is 16.5 Å². The molecular weight excluding hydrogens is 298 g/mol. The van der Waals surface area contributed by atoms with E-state index in [0.29, 0.717) is 35.5 Å². The number of hydrogen-bond acceptors (Lipinski definition) is 6. The molecule has 20 heavy (non-hydrogen) atoms. The molecule has 1 aliphatic heterocycles.